The van der Waals surface area contributed by atoms with Crippen molar-refractivity contribution in [2.45, 2.75) is 6.61 Å². The molecule has 0 fully saturated rings. The largest absolute Gasteiger partial charge is 0.473 e. The van der Waals surface area contributed by atoms with Gasteiger partial charge in [0.1, 0.15) is 25.2 Å². The van der Waals surface area contributed by atoms with E-state index in [1.54, 1.807) is 30.5 Å². The van der Waals surface area contributed by atoms with Gasteiger partial charge in [0.15, 0.2) is 5.71 Å². The molecule has 7 nitrogen and oxygen atoms in total. The van der Waals surface area contributed by atoms with E-state index in [0.29, 0.717) is 29.5 Å². The lowest BCUT2D eigenvalue weighted by Gasteiger charge is -2.13. The third kappa shape index (κ3) is 5.32. The standard InChI is InChI=1S/C22H21N3O4/c1-23-22(26)21(25-27-2)18-10-3-4-11-19(18)29-17-9-7-8-16(14-17)15-28-20-12-5-6-13-24-20/h3-14H,15H2,1-2H3,(H,23,26). The topological polar surface area (TPSA) is 82.0 Å². The van der Waals surface area contributed by atoms with Crippen LogP contribution in [0.15, 0.2) is 78.1 Å². The van der Waals surface area contributed by atoms with E-state index in [0.717, 1.165) is 5.56 Å². The van der Waals surface area contributed by atoms with E-state index in [4.69, 9.17) is 14.3 Å². The maximum Gasteiger partial charge on any atom is 0.273 e. The van der Waals surface area contributed by atoms with Gasteiger partial charge in [0.05, 0.1) is 5.56 Å². The Labute approximate surface area is 168 Å². The van der Waals surface area contributed by atoms with Gasteiger partial charge in [-0.1, -0.05) is 35.5 Å². The molecule has 3 rings (SSSR count). The molecule has 1 aromatic heterocycles. The second-order valence-corrected chi connectivity index (χ2v) is 5.90. The Balaban J connectivity index is 1.80. The number of aromatic nitrogens is 1. The van der Waals surface area contributed by atoms with Gasteiger partial charge in [-0.2, -0.15) is 0 Å². The monoisotopic (exact) mass is 391 g/mol. The van der Waals surface area contributed by atoms with Crippen LogP contribution < -0.4 is 14.8 Å². The number of oxime groups is 1. The molecule has 0 aliphatic rings. The highest BCUT2D eigenvalue weighted by atomic mass is 16.6. The van der Waals surface area contributed by atoms with Crippen LogP contribution in [0.5, 0.6) is 17.4 Å². The number of rotatable bonds is 8. The Hall–Kier alpha value is -3.87. The number of benzene rings is 2. The van der Waals surface area contributed by atoms with Crippen molar-refractivity contribution in [1.29, 1.82) is 0 Å². The number of hydrogen-bond donors (Lipinski definition) is 1. The van der Waals surface area contributed by atoms with E-state index in [1.807, 2.05) is 42.5 Å². The zero-order valence-electron chi connectivity index (χ0n) is 16.2. The van der Waals surface area contributed by atoms with E-state index in [2.05, 4.69) is 15.5 Å². The summed E-state index contributed by atoms with van der Waals surface area (Å²) >= 11 is 0. The zero-order chi connectivity index (χ0) is 20.5. The Kier molecular flexibility index (Phi) is 6.78. The van der Waals surface area contributed by atoms with Gasteiger partial charge < -0.3 is 19.6 Å². The van der Waals surface area contributed by atoms with Crippen molar-refractivity contribution >= 4 is 11.6 Å². The van der Waals surface area contributed by atoms with Crippen LogP contribution in [0.1, 0.15) is 11.1 Å². The molecule has 0 radical (unpaired) electrons. The maximum absolute atomic E-state index is 12.2. The normalized spacial score (nSPS) is 10.9. The highest BCUT2D eigenvalue weighted by Gasteiger charge is 2.18. The first kappa shape index (κ1) is 19.9. The van der Waals surface area contributed by atoms with Crippen molar-refractivity contribution < 1.29 is 19.1 Å². The molecule has 0 saturated heterocycles. The zero-order valence-corrected chi connectivity index (χ0v) is 16.2. The van der Waals surface area contributed by atoms with E-state index in [9.17, 15) is 4.79 Å². The maximum atomic E-state index is 12.2. The summed E-state index contributed by atoms with van der Waals surface area (Å²) < 4.78 is 11.7. The molecule has 1 N–H and O–H groups in total. The molecule has 1 heterocycles. The summed E-state index contributed by atoms with van der Waals surface area (Å²) in [5.74, 6) is 1.26. The average Bonchev–Trinajstić information content (AvgIpc) is 2.77. The molecule has 0 unspecified atom stereocenters. The summed E-state index contributed by atoms with van der Waals surface area (Å²) in [6.07, 6.45) is 1.68. The summed E-state index contributed by atoms with van der Waals surface area (Å²) in [5.41, 5.74) is 1.56. The summed E-state index contributed by atoms with van der Waals surface area (Å²) in [5, 5.41) is 6.40. The first-order chi connectivity index (χ1) is 14.2. The highest BCUT2D eigenvalue weighted by molar-refractivity contribution is 6.45. The van der Waals surface area contributed by atoms with Crippen molar-refractivity contribution in [3.05, 3.63) is 84.1 Å². The molecule has 0 saturated carbocycles. The van der Waals surface area contributed by atoms with E-state index in [1.165, 1.54) is 14.2 Å². The van der Waals surface area contributed by atoms with Crippen LogP contribution in [0, 0.1) is 0 Å². The lowest BCUT2D eigenvalue weighted by molar-refractivity contribution is -0.114. The Morgan fingerprint density at radius 3 is 2.66 bits per heavy atom. The smallest absolute Gasteiger partial charge is 0.273 e. The van der Waals surface area contributed by atoms with Crippen LogP contribution in [0.4, 0.5) is 0 Å². The summed E-state index contributed by atoms with van der Waals surface area (Å²) in [4.78, 5) is 21.2. The minimum absolute atomic E-state index is 0.125. The van der Waals surface area contributed by atoms with Gasteiger partial charge in [-0.15, -0.1) is 0 Å². The van der Waals surface area contributed by atoms with E-state index in [-0.39, 0.29) is 11.6 Å². The van der Waals surface area contributed by atoms with Crippen LogP contribution >= 0.6 is 0 Å². The first-order valence-corrected chi connectivity index (χ1v) is 8.94. The van der Waals surface area contributed by atoms with Gasteiger partial charge in [-0.05, 0) is 35.9 Å². The number of pyridine rings is 1. The number of para-hydroxylation sites is 1. The van der Waals surface area contributed by atoms with Crippen molar-refractivity contribution in [3.63, 3.8) is 0 Å². The van der Waals surface area contributed by atoms with Crippen LogP contribution in [-0.4, -0.2) is 30.8 Å². The quantitative estimate of drug-likeness (QED) is 0.469. The minimum atomic E-state index is -0.375. The predicted octanol–water partition coefficient (Wildman–Crippen LogP) is 3.55. The molecule has 29 heavy (non-hydrogen) atoms. The number of carbonyl (C=O) groups excluding carboxylic acids is 1. The summed E-state index contributed by atoms with van der Waals surface area (Å²) in [6.45, 7) is 0.352. The molecule has 3 aromatic rings. The molecular weight excluding hydrogens is 370 g/mol. The van der Waals surface area contributed by atoms with E-state index < -0.39 is 0 Å². The van der Waals surface area contributed by atoms with Gasteiger partial charge in [-0.25, -0.2) is 4.98 Å². The molecular formula is C22H21N3O4. The highest BCUT2D eigenvalue weighted by Crippen LogP contribution is 2.27. The molecule has 0 spiro atoms. The Morgan fingerprint density at radius 1 is 1.07 bits per heavy atom. The number of nitrogens with zero attached hydrogens (tertiary/aromatic N) is 2. The second-order valence-electron chi connectivity index (χ2n) is 5.90. The lowest BCUT2D eigenvalue weighted by atomic mass is 10.1. The van der Waals surface area contributed by atoms with Crippen LogP contribution in [0.3, 0.4) is 0 Å². The molecule has 2 aromatic carbocycles. The lowest BCUT2D eigenvalue weighted by Crippen LogP contribution is -2.28. The predicted molar refractivity (Wildman–Crippen MR) is 109 cm³/mol. The molecule has 148 valence electrons. The molecule has 0 atom stereocenters. The number of carbonyl (C=O) groups is 1. The molecule has 1 amide bonds. The van der Waals surface area contributed by atoms with Crippen LogP contribution in [0.25, 0.3) is 0 Å². The van der Waals surface area contributed by atoms with Crippen molar-refractivity contribution in [2.24, 2.45) is 5.16 Å². The number of ether oxygens (including phenoxy) is 2. The average molecular weight is 391 g/mol. The van der Waals surface area contributed by atoms with E-state index >= 15 is 0 Å². The summed E-state index contributed by atoms with van der Waals surface area (Å²) in [7, 11) is 2.92. The number of hydrogen-bond acceptors (Lipinski definition) is 6. The second kappa shape index (κ2) is 9.89. The third-order valence-corrected chi connectivity index (χ3v) is 3.92. The molecule has 0 bridgehead atoms. The fourth-order valence-electron chi connectivity index (χ4n) is 2.59. The number of amides is 1. The summed E-state index contributed by atoms with van der Waals surface area (Å²) in [6, 6.07) is 20.1. The van der Waals surface area contributed by atoms with Crippen molar-refractivity contribution in [2.75, 3.05) is 14.2 Å². The third-order valence-electron chi connectivity index (χ3n) is 3.92. The Morgan fingerprint density at radius 2 is 1.90 bits per heavy atom. The van der Waals surface area contributed by atoms with Gasteiger partial charge >= 0.3 is 0 Å². The fourth-order valence-corrected chi connectivity index (χ4v) is 2.59. The van der Waals surface area contributed by atoms with Gasteiger partial charge in [-0.3, -0.25) is 4.79 Å². The minimum Gasteiger partial charge on any atom is -0.473 e. The molecule has 7 heteroatoms. The van der Waals surface area contributed by atoms with Crippen molar-refractivity contribution in [1.82, 2.24) is 10.3 Å². The Bertz CT molecular complexity index is 990. The van der Waals surface area contributed by atoms with Crippen molar-refractivity contribution in [3.8, 4) is 17.4 Å². The molecule has 0 aliphatic heterocycles. The number of likely N-dealkylation sites (N-methyl/N-ethyl adjacent to an activating group) is 1. The van der Waals surface area contributed by atoms with Crippen LogP contribution in [-0.2, 0) is 16.2 Å². The number of nitrogens with one attached hydrogen (secondary N) is 1. The van der Waals surface area contributed by atoms with Gasteiger partial charge in [0.25, 0.3) is 5.91 Å². The molecule has 0 aliphatic carbocycles. The van der Waals surface area contributed by atoms with Gasteiger partial charge in [0.2, 0.25) is 5.88 Å². The van der Waals surface area contributed by atoms with Crippen LogP contribution in [0.2, 0.25) is 0 Å². The SMILES string of the molecule is CNC(=O)C(=NOC)c1ccccc1Oc1cccc(COc2ccccn2)c1. The first-order valence-electron chi connectivity index (χ1n) is 8.94. The van der Waals surface area contributed by atoms with Gasteiger partial charge in [0, 0.05) is 19.3 Å². The fraction of sp³-hybridized carbons (Fsp3) is 0.136.